The van der Waals surface area contributed by atoms with Gasteiger partial charge in [0.1, 0.15) is 12.4 Å². The summed E-state index contributed by atoms with van der Waals surface area (Å²) in [7, 11) is 0. The van der Waals surface area contributed by atoms with Gasteiger partial charge >= 0.3 is 0 Å². The second-order valence-electron chi connectivity index (χ2n) is 6.33. The first-order valence-corrected chi connectivity index (χ1v) is 9.05. The van der Waals surface area contributed by atoms with E-state index in [0.717, 1.165) is 11.1 Å². The molecule has 0 radical (unpaired) electrons. The number of carbonyl (C=O) groups is 1. The Labute approximate surface area is 172 Å². The molecular formula is C22H19N3O5. The van der Waals surface area contributed by atoms with Gasteiger partial charge in [0.25, 0.3) is 11.6 Å². The smallest absolute Gasteiger partial charge is 0.273 e. The van der Waals surface area contributed by atoms with E-state index in [1.165, 1.54) is 18.3 Å². The first-order valence-electron chi connectivity index (χ1n) is 9.05. The van der Waals surface area contributed by atoms with Crippen LogP contribution in [0.4, 0.5) is 5.69 Å². The normalized spacial score (nSPS) is 11.8. The summed E-state index contributed by atoms with van der Waals surface area (Å²) in [6, 6.07) is 21.7. The summed E-state index contributed by atoms with van der Waals surface area (Å²) in [5.74, 6) is -0.00506. The lowest BCUT2D eigenvalue weighted by molar-refractivity contribution is -0.384. The number of carbonyl (C=O) groups excluding carboxylic acids is 1. The van der Waals surface area contributed by atoms with E-state index in [9.17, 15) is 20.0 Å². The molecule has 0 saturated carbocycles. The Bertz CT molecular complexity index is 1020. The molecule has 0 saturated heterocycles. The van der Waals surface area contributed by atoms with Crippen LogP contribution < -0.4 is 10.2 Å². The van der Waals surface area contributed by atoms with Crippen molar-refractivity contribution in [2.45, 2.75) is 12.7 Å². The molecule has 0 unspecified atom stereocenters. The van der Waals surface area contributed by atoms with E-state index < -0.39 is 16.9 Å². The van der Waals surface area contributed by atoms with E-state index in [4.69, 9.17) is 4.74 Å². The number of nitro benzene ring substituents is 1. The largest absolute Gasteiger partial charge is 0.489 e. The molecule has 0 heterocycles. The molecule has 0 spiro atoms. The van der Waals surface area contributed by atoms with Crippen molar-refractivity contribution < 1.29 is 19.6 Å². The number of nitro groups is 1. The number of hydrogen-bond acceptors (Lipinski definition) is 6. The Hall–Kier alpha value is -4.04. The molecule has 8 heteroatoms. The van der Waals surface area contributed by atoms with E-state index in [1.54, 1.807) is 66.7 Å². The van der Waals surface area contributed by atoms with Crippen LogP contribution in [-0.2, 0) is 11.4 Å². The van der Waals surface area contributed by atoms with Crippen LogP contribution in [0.25, 0.3) is 0 Å². The van der Waals surface area contributed by atoms with Gasteiger partial charge in [0.15, 0.2) is 6.10 Å². The van der Waals surface area contributed by atoms with Gasteiger partial charge in [-0.1, -0.05) is 30.3 Å². The Balaban J connectivity index is 1.49. The maximum atomic E-state index is 11.9. The molecule has 3 rings (SSSR count). The number of nitrogens with one attached hydrogen (secondary N) is 1. The van der Waals surface area contributed by atoms with Gasteiger partial charge < -0.3 is 9.84 Å². The van der Waals surface area contributed by atoms with Crippen molar-refractivity contribution in [2.24, 2.45) is 5.10 Å². The molecule has 8 nitrogen and oxygen atoms in total. The number of aliphatic hydroxyl groups excluding tert-OH is 1. The van der Waals surface area contributed by atoms with E-state index in [-0.39, 0.29) is 12.3 Å². The SMILES string of the molecule is O=C(N/N=C\c1ccc(OCc2ccc([N+](=O)[O-])cc2)cc1)[C@@H](O)c1ccccc1. The lowest BCUT2D eigenvalue weighted by Crippen LogP contribution is -2.25. The first-order chi connectivity index (χ1) is 14.5. The van der Waals surface area contributed by atoms with Crippen LogP contribution in [0.3, 0.4) is 0 Å². The van der Waals surface area contributed by atoms with Gasteiger partial charge in [-0.25, -0.2) is 5.43 Å². The average molecular weight is 405 g/mol. The fourth-order valence-corrected chi connectivity index (χ4v) is 2.55. The van der Waals surface area contributed by atoms with Crippen LogP contribution in [0.15, 0.2) is 84.0 Å². The Morgan fingerprint density at radius 1 is 1.07 bits per heavy atom. The van der Waals surface area contributed by atoms with Gasteiger partial charge in [0.2, 0.25) is 0 Å². The highest BCUT2D eigenvalue weighted by Crippen LogP contribution is 2.16. The molecule has 0 bridgehead atoms. The van der Waals surface area contributed by atoms with Gasteiger partial charge in [-0.2, -0.15) is 5.10 Å². The average Bonchev–Trinajstić information content (AvgIpc) is 2.78. The molecule has 0 aliphatic rings. The van der Waals surface area contributed by atoms with Crippen molar-refractivity contribution in [3.63, 3.8) is 0 Å². The van der Waals surface area contributed by atoms with Crippen molar-refractivity contribution in [3.05, 3.63) is 106 Å². The topological polar surface area (TPSA) is 114 Å². The molecule has 1 amide bonds. The van der Waals surface area contributed by atoms with Crippen molar-refractivity contribution in [3.8, 4) is 5.75 Å². The minimum Gasteiger partial charge on any atom is -0.489 e. The predicted octanol–water partition coefficient (Wildman–Crippen LogP) is 3.36. The highest BCUT2D eigenvalue weighted by Gasteiger charge is 2.15. The third-order valence-electron chi connectivity index (χ3n) is 4.18. The summed E-state index contributed by atoms with van der Waals surface area (Å²) >= 11 is 0. The van der Waals surface area contributed by atoms with Crippen molar-refractivity contribution in [1.29, 1.82) is 0 Å². The van der Waals surface area contributed by atoms with Crippen LogP contribution in [0.2, 0.25) is 0 Å². The molecule has 30 heavy (non-hydrogen) atoms. The minimum absolute atomic E-state index is 0.0331. The third kappa shape index (κ3) is 5.73. The van der Waals surface area contributed by atoms with E-state index in [1.807, 2.05) is 0 Å². The van der Waals surface area contributed by atoms with E-state index in [0.29, 0.717) is 11.3 Å². The van der Waals surface area contributed by atoms with E-state index >= 15 is 0 Å². The quantitative estimate of drug-likeness (QED) is 0.339. The molecule has 0 aliphatic carbocycles. The number of rotatable bonds is 8. The second-order valence-corrected chi connectivity index (χ2v) is 6.33. The number of benzene rings is 3. The van der Waals surface area contributed by atoms with Crippen LogP contribution in [-0.4, -0.2) is 22.2 Å². The third-order valence-corrected chi connectivity index (χ3v) is 4.18. The highest BCUT2D eigenvalue weighted by atomic mass is 16.6. The molecular weight excluding hydrogens is 386 g/mol. The molecule has 152 valence electrons. The first kappa shape index (κ1) is 20.7. The van der Waals surface area contributed by atoms with Gasteiger partial charge in [0, 0.05) is 12.1 Å². The number of amides is 1. The van der Waals surface area contributed by atoms with Crippen LogP contribution in [0.5, 0.6) is 5.75 Å². The lowest BCUT2D eigenvalue weighted by Gasteiger charge is -2.08. The second kappa shape index (κ2) is 9.94. The Morgan fingerprint density at radius 3 is 2.37 bits per heavy atom. The molecule has 0 fully saturated rings. The fourth-order valence-electron chi connectivity index (χ4n) is 2.55. The van der Waals surface area contributed by atoms with Crippen molar-refractivity contribution >= 4 is 17.8 Å². The Morgan fingerprint density at radius 2 is 1.73 bits per heavy atom. The van der Waals surface area contributed by atoms with Gasteiger partial charge in [0.05, 0.1) is 11.1 Å². The monoisotopic (exact) mass is 405 g/mol. The standard InChI is InChI=1S/C22H19N3O5/c26-21(18-4-2-1-3-5-18)22(27)24-23-14-16-8-12-20(13-9-16)30-15-17-6-10-19(11-7-17)25(28)29/h1-14,21,26H,15H2,(H,24,27)/b23-14-/t21-/m0/s1. The van der Waals surface area contributed by atoms with Crippen molar-refractivity contribution in [2.75, 3.05) is 0 Å². The summed E-state index contributed by atoms with van der Waals surface area (Å²) in [5.41, 5.74) is 4.36. The molecule has 1 atom stereocenters. The molecule has 0 aliphatic heterocycles. The van der Waals surface area contributed by atoms with Crippen LogP contribution >= 0.6 is 0 Å². The molecule has 3 aromatic rings. The van der Waals surface area contributed by atoms with Crippen molar-refractivity contribution in [1.82, 2.24) is 5.43 Å². The highest BCUT2D eigenvalue weighted by molar-refractivity contribution is 5.85. The Kier molecular flexibility index (Phi) is 6.86. The van der Waals surface area contributed by atoms with Crippen LogP contribution in [0, 0.1) is 10.1 Å². The zero-order chi connectivity index (χ0) is 21.3. The maximum Gasteiger partial charge on any atom is 0.273 e. The molecule has 0 aromatic heterocycles. The zero-order valence-corrected chi connectivity index (χ0v) is 15.8. The predicted molar refractivity (Wildman–Crippen MR) is 111 cm³/mol. The van der Waals surface area contributed by atoms with Gasteiger partial charge in [-0.15, -0.1) is 0 Å². The number of ether oxygens (including phenoxy) is 1. The summed E-state index contributed by atoms with van der Waals surface area (Å²) in [6.45, 7) is 0.277. The number of aliphatic hydroxyl groups is 1. The summed E-state index contributed by atoms with van der Waals surface area (Å²) in [5, 5.41) is 24.5. The lowest BCUT2D eigenvalue weighted by atomic mass is 10.1. The number of nitrogens with zero attached hydrogens (tertiary/aromatic N) is 2. The minimum atomic E-state index is -1.29. The molecule has 3 aromatic carbocycles. The zero-order valence-electron chi connectivity index (χ0n) is 15.8. The van der Waals surface area contributed by atoms with Gasteiger partial charge in [-0.3, -0.25) is 14.9 Å². The summed E-state index contributed by atoms with van der Waals surface area (Å²) in [4.78, 5) is 22.1. The summed E-state index contributed by atoms with van der Waals surface area (Å²) in [6.07, 6.45) is 0.161. The fraction of sp³-hybridized carbons (Fsp3) is 0.0909. The maximum absolute atomic E-state index is 11.9. The number of hydrogen-bond donors (Lipinski definition) is 2. The van der Waals surface area contributed by atoms with Gasteiger partial charge in [-0.05, 0) is 53.1 Å². The van der Waals surface area contributed by atoms with Crippen LogP contribution in [0.1, 0.15) is 22.8 Å². The molecule has 2 N–H and O–H groups in total. The number of non-ortho nitro benzene ring substituents is 1. The number of hydrazone groups is 1. The summed E-state index contributed by atoms with van der Waals surface area (Å²) < 4.78 is 5.65. The van der Waals surface area contributed by atoms with E-state index in [2.05, 4.69) is 10.5 Å².